The highest BCUT2D eigenvalue weighted by molar-refractivity contribution is 7.85. The molecule has 1 aromatic rings. The monoisotopic (exact) mass is 265 g/mol. The van der Waals surface area contributed by atoms with Gasteiger partial charge in [0.05, 0.1) is 21.3 Å². The van der Waals surface area contributed by atoms with E-state index in [1.165, 1.54) is 6.42 Å². The van der Waals surface area contributed by atoms with E-state index in [1.807, 2.05) is 24.3 Å². The predicted octanol–water partition coefficient (Wildman–Crippen LogP) is 2.48. The maximum atomic E-state index is 12.6. The molecule has 3 rings (SSSR count). The molecule has 1 saturated carbocycles. The number of rotatable bonds is 2. The lowest BCUT2D eigenvalue weighted by Gasteiger charge is -2.46. The summed E-state index contributed by atoms with van der Waals surface area (Å²) in [5, 5.41) is 0.198. The lowest BCUT2D eigenvalue weighted by Crippen LogP contribution is -2.48. The van der Waals surface area contributed by atoms with Crippen molar-refractivity contribution in [2.24, 2.45) is 0 Å². The van der Waals surface area contributed by atoms with Crippen LogP contribution in [0.2, 0.25) is 0 Å². The molecule has 1 spiro atoms. The minimum atomic E-state index is -1.00. The zero-order valence-electron chi connectivity index (χ0n) is 10.4. The fourth-order valence-corrected chi connectivity index (χ4v) is 4.57. The molecule has 1 heterocycles. The summed E-state index contributed by atoms with van der Waals surface area (Å²) in [4.78, 5) is 0.791. The van der Waals surface area contributed by atoms with Gasteiger partial charge in [0.25, 0.3) is 0 Å². The molecule has 2 unspecified atom stereocenters. The number of nitrogens with two attached hydrogens (primary N) is 1. The van der Waals surface area contributed by atoms with Crippen molar-refractivity contribution in [3.63, 3.8) is 0 Å². The molecule has 1 aliphatic carbocycles. The number of ether oxygens (including phenoxy) is 1. The fourth-order valence-electron chi connectivity index (χ4n) is 2.93. The van der Waals surface area contributed by atoms with Crippen molar-refractivity contribution < 1.29 is 8.95 Å². The molecule has 1 aliphatic heterocycles. The van der Waals surface area contributed by atoms with E-state index in [9.17, 15) is 4.21 Å². The third-order valence-electron chi connectivity index (χ3n) is 4.15. The summed E-state index contributed by atoms with van der Waals surface area (Å²) in [6.45, 7) is 0.739. The van der Waals surface area contributed by atoms with Gasteiger partial charge in [-0.2, -0.15) is 0 Å². The molecule has 1 aromatic carbocycles. The second-order valence-corrected chi connectivity index (χ2v) is 7.04. The molecule has 0 radical (unpaired) electrons. The summed E-state index contributed by atoms with van der Waals surface area (Å²) in [5.74, 6) is 0. The SMILES string of the molecule is Nc1ccccc1S(=O)C1CCOC2(CCC2)C1. The van der Waals surface area contributed by atoms with E-state index in [1.54, 1.807) is 0 Å². The van der Waals surface area contributed by atoms with Gasteiger partial charge < -0.3 is 10.5 Å². The normalized spacial score (nSPS) is 27.7. The van der Waals surface area contributed by atoms with Gasteiger partial charge in [0.2, 0.25) is 0 Å². The van der Waals surface area contributed by atoms with Gasteiger partial charge in [-0.25, -0.2) is 0 Å². The third kappa shape index (κ3) is 2.08. The van der Waals surface area contributed by atoms with Gasteiger partial charge in [0.15, 0.2) is 0 Å². The average Bonchev–Trinajstić information content (AvgIpc) is 2.37. The van der Waals surface area contributed by atoms with Crippen LogP contribution >= 0.6 is 0 Å². The lowest BCUT2D eigenvalue weighted by atomic mass is 9.75. The fraction of sp³-hybridized carbons (Fsp3) is 0.571. The van der Waals surface area contributed by atoms with E-state index in [0.717, 1.165) is 37.2 Å². The van der Waals surface area contributed by atoms with Gasteiger partial charge in [0, 0.05) is 17.5 Å². The van der Waals surface area contributed by atoms with Crippen molar-refractivity contribution in [2.45, 2.75) is 47.9 Å². The number of hydrogen-bond acceptors (Lipinski definition) is 3. The Kier molecular flexibility index (Phi) is 3.16. The topological polar surface area (TPSA) is 52.3 Å². The van der Waals surface area contributed by atoms with E-state index in [0.29, 0.717) is 5.69 Å². The molecule has 0 bridgehead atoms. The van der Waals surface area contributed by atoms with E-state index < -0.39 is 10.8 Å². The van der Waals surface area contributed by atoms with Crippen molar-refractivity contribution in [1.82, 2.24) is 0 Å². The highest BCUT2D eigenvalue weighted by Gasteiger charge is 2.44. The average molecular weight is 265 g/mol. The van der Waals surface area contributed by atoms with Crippen LogP contribution in [0.3, 0.4) is 0 Å². The summed E-state index contributed by atoms with van der Waals surface area (Å²) >= 11 is 0. The first-order valence-corrected chi connectivity index (χ1v) is 7.81. The van der Waals surface area contributed by atoms with Crippen LogP contribution in [0, 0.1) is 0 Å². The van der Waals surface area contributed by atoms with Gasteiger partial charge in [-0.3, -0.25) is 4.21 Å². The van der Waals surface area contributed by atoms with E-state index in [-0.39, 0.29) is 10.9 Å². The first-order chi connectivity index (χ1) is 8.70. The van der Waals surface area contributed by atoms with Crippen molar-refractivity contribution in [2.75, 3.05) is 12.3 Å². The minimum Gasteiger partial charge on any atom is -0.398 e. The summed E-state index contributed by atoms with van der Waals surface area (Å²) in [6.07, 6.45) is 5.30. The Labute approximate surface area is 110 Å². The number of nitrogen functional groups attached to an aromatic ring is 1. The molecule has 4 heteroatoms. The van der Waals surface area contributed by atoms with Crippen molar-refractivity contribution in [3.05, 3.63) is 24.3 Å². The molecule has 0 amide bonds. The van der Waals surface area contributed by atoms with Crippen molar-refractivity contribution >= 4 is 16.5 Å². The smallest absolute Gasteiger partial charge is 0.0694 e. The standard InChI is InChI=1S/C14H19NO2S/c15-12-4-1-2-5-13(12)18(16)11-6-9-17-14(10-11)7-3-8-14/h1-2,4-5,11H,3,6-10,15H2. The Balaban J connectivity index is 1.78. The van der Waals surface area contributed by atoms with Crippen molar-refractivity contribution in [1.29, 1.82) is 0 Å². The number of hydrogen-bond donors (Lipinski definition) is 1. The Morgan fingerprint density at radius 3 is 2.78 bits per heavy atom. The maximum Gasteiger partial charge on any atom is 0.0694 e. The Bertz CT molecular complexity index is 471. The van der Waals surface area contributed by atoms with Gasteiger partial charge >= 0.3 is 0 Å². The highest BCUT2D eigenvalue weighted by atomic mass is 32.2. The molecule has 2 aliphatic rings. The lowest BCUT2D eigenvalue weighted by molar-refractivity contribution is -0.125. The maximum absolute atomic E-state index is 12.6. The van der Waals surface area contributed by atoms with Gasteiger partial charge in [-0.05, 0) is 44.2 Å². The number of anilines is 1. The largest absolute Gasteiger partial charge is 0.398 e. The van der Waals surface area contributed by atoms with E-state index in [4.69, 9.17) is 10.5 Å². The van der Waals surface area contributed by atoms with Crippen LogP contribution < -0.4 is 5.73 Å². The first-order valence-electron chi connectivity index (χ1n) is 6.59. The zero-order chi connectivity index (χ0) is 12.6. The quantitative estimate of drug-likeness (QED) is 0.836. The third-order valence-corrected chi connectivity index (χ3v) is 5.96. The Morgan fingerprint density at radius 2 is 2.11 bits per heavy atom. The molecule has 18 heavy (non-hydrogen) atoms. The first kappa shape index (κ1) is 12.2. The van der Waals surface area contributed by atoms with E-state index >= 15 is 0 Å². The van der Waals surface area contributed by atoms with Crippen LogP contribution in [-0.2, 0) is 15.5 Å². The molecule has 2 N–H and O–H groups in total. The van der Waals surface area contributed by atoms with Crippen LogP contribution in [0.4, 0.5) is 5.69 Å². The second-order valence-electron chi connectivity index (χ2n) is 5.34. The number of benzene rings is 1. The van der Waals surface area contributed by atoms with Gasteiger partial charge in [-0.1, -0.05) is 12.1 Å². The molecular formula is C14H19NO2S. The van der Waals surface area contributed by atoms with Crippen LogP contribution in [0.15, 0.2) is 29.2 Å². The minimum absolute atomic E-state index is 0.0438. The van der Waals surface area contributed by atoms with Crippen LogP contribution in [0.5, 0.6) is 0 Å². The van der Waals surface area contributed by atoms with Gasteiger partial charge in [-0.15, -0.1) is 0 Å². The van der Waals surface area contributed by atoms with Crippen molar-refractivity contribution in [3.8, 4) is 0 Å². The predicted molar refractivity (Wildman–Crippen MR) is 72.8 cm³/mol. The highest BCUT2D eigenvalue weighted by Crippen LogP contribution is 2.44. The molecule has 3 nitrogen and oxygen atoms in total. The molecular weight excluding hydrogens is 246 g/mol. The molecule has 1 saturated heterocycles. The van der Waals surface area contributed by atoms with Crippen LogP contribution in [-0.4, -0.2) is 21.7 Å². The molecule has 0 aromatic heterocycles. The van der Waals surface area contributed by atoms with Crippen LogP contribution in [0.25, 0.3) is 0 Å². The second kappa shape index (κ2) is 4.67. The zero-order valence-corrected chi connectivity index (χ0v) is 11.2. The van der Waals surface area contributed by atoms with Gasteiger partial charge in [0.1, 0.15) is 0 Å². The summed E-state index contributed by atoms with van der Waals surface area (Å²) in [5.41, 5.74) is 6.61. The number of para-hydroxylation sites is 1. The Morgan fingerprint density at radius 1 is 1.33 bits per heavy atom. The summed E-state index contributed by atoms with van der Waals surface area (Å²) in [7, 11) is -1.00. The molecule has 2 atom stereocenters. The molecule has 98 valence electrons. The Hall–Kier alpha value is -0.870. The molecule has 2 fully saturated rings. The summed E-state index contributed by atoms with van der Waals surface area (Å²) in [6, 6.07) is 7.50. The van der Waals surface area contributed by atoms with E-state index in [2.05, 4.69) is 0 Å². The summed E-state index contributed by atoms with van der Waals surface area (Å²) < 4.78 is 18.5. The van der Waals surface area contributed by atoms with Crippen LogP contribution in [0.1, 0.15) is 32.1 Å².